The average Bonchev–Trinajstić information content (AvgIpc) is 3.22. The monoisotopic (exact) mass is 424 g/mol. The van der Waals surface area contributed by atoms with Crippen LogP contribution in [0.4, 0.5) is 5.69 Å². The van der Waals surface area contributed by atoms with E-state index in [4.69, 9.17) is 9.47 Å². The van der Waals surface area contributed by atoms with Crippen molar-refractivity contribution >= 4 is 11.6 Å². The van der Waals surface area contributed by atoms with Crippen molar-refractivity contribution in [1.29, 1.82) is 0 Å². The van der Waals surface area contributed by atoms with Crippen molar-refractivity contribution in [2.24, 2.45) is 5.41 Å². The van der Waals surface area contributed by atoms with Gasteiger partial charge in [0.1, 0.15) is 6.04 Å². The lowest BCUT2D eigenvalue weighted by atomic mass is 9.92. The maximum atomic E-state index is 12.5. The molecule has 31 heavy (non-hydrogen) atoms. The van der Waals surface area contributed by atoms with Gasteiger partial charge in [0, 0.05) is 17.7 Å². The van der Waals surface area contributed by atoms with Crippen molar-refractivity contribution in [3.63, 3.8) is 0 Å². The van der Waals surface area contributed by atoms with Gasteiger partial charge >= 0.3 is 0 Å². The Kier molecular flexibility index (Phi) is 6.37. The van der Waals surface area contributed by atoms with E-state index in [2.05, 4.69) is 73.5 Å². The summed E-state index contributed by atoms with van der Waals surface area (Å²) in [5, 5.41) is 3.20. The Morgan fingerprint density at radius 2 is 1.77 bits per heavy atom. The summed E-state index contributed by atoms with van der Waals surface area (Å²) in [6, 6.07) is 17.0. The number of rotatable bonds is 6. The molecule has 1 amide bonds. The standard InChI is InChI=1S/C25H33N3O3/c1-25(2,3)16-24(29)26-17-21(19-9-10-22-23(15-19)31-18-30-22)28-13-11-27(12-14-28)20-7-5-4-6-8-20/h4-10,15,21H,11-14,16-18H2,1-3H3,(H,26,29)/p+1/t21-/m1/s1. The number of benzene rings is 2. The van der Waals surface area contributed by atoms with Gasteiger partial charge in [-0.2, -0.15) is 0 Å². The Balaban J connectivity index is 1.47. The maximum absolute atomic E-state index is 12.5. The Hall–Kier alpha value is -2.73. The quantitative estimate of drug-likeness (QED) is 0.748. The molecule has 0 aromatic heterocycles. The van der Waals surface area contributed by atoms with Crippen LogP contribution in [0.2, 0.25) is 0 Å². The summed E-state index contributed by atoms with van der Waals surface area (Å²) in [5.74, 6) is 1.70. The van der Waals surface area contributed by atoms with Crippen LogP contribution in [0.15, 0.2) is 48.5 Å². The van der Waals surface area contributed by atoms with Gasteiger partial charge in [-0.15, -0.1) is 0 Å². The lowest BCUT2D eigenvalue weighted by molar-refractivity contribution is -0.931. The van der Waals surface area contributed by atoms with Crippen LogP contribution in [-0.2, 0) is 4.79 Å². The van der Waals surface area contributed by atoms with E-state index in [1.807, 2.05) is 6.07 Å². The molecular weight excluding hydrogens is 390 g/mol. The van der Waals surface area contributed by atoms with E-state index in [1.165, 1.54) is 16.2 Å². The molecule has 6 heteroatoms. The summed E-state index contributed by atoms with van der Waals surface area (Å²) in [6.45, 7) is 11.2. The van der Waals surface area contributed by atoms with E-state index in [0.29, 0.717) is 13.0 Å². The third-order valence-corrected chi connectivity index (χ3v) is 6.01. The highest BCUT2D eigenvalue weighted by Crippen LogP contribution is 2.33. The number of hydrogen-bond donors (Lipinski definition) is 2. The predicted molar refractivity (Wildman–Crippen MR) is 122 cm³/mol. The second kappa shape index (κ2) is 9.18. The molecule has 1 atom stereocenters. The van der Waals surface area contributed by atoms with Crippen molar-refractivity contribution in [3.05, 3.63) is 54.1 Å². The van der Waals surface area contributed by atoms with E-state index < -0.39 is 0 Å². The Morgan fingerprint density at radius 3 is 2.48 bits per heavy atom. The lowest BCUT2D eigenvalue weighted by Gasteiger charge is -2.38. The summed E-state index contributed by atoms with van der Waals surface area (Å²) in [7, 11) is 0. The molecule has 4 rings (SSSR count). The zero-order valence-electron chi connectivity index (χ0n) is 18.8. The smallest absolute Gasteiger partial charge is 0.231 e. The molecule has 2 aromatic rings. The molecule has 1 saturated heterocycles. The zero-order chi connectivity index (χ0) is 21.8. The molecule has 0 bridgehead atoms. The lowest BCUT2D eigenvalue weighted by Crippen LogP contribution is -3.15. The first-order chi connectivity index (χ1) is 14.9. The Bertz CT molecular complexity index is 887. The van der Waals surface area contributed by atoms with Gasteiger partial charge in [-0.3, -0.25) is 4.79 Å². The van der Waals surface area contributed by atoms with E-state index in [1.54, 1.807) is 0 Å². The summed E-state index contributed by atoms with van der Waals surface area (Å²) >= 11 is 0. The molecule has 2 aliphatic heterocycles. The minimum Gasteiger partial charge on any atom is -0.454 e. The predicted octanol–water partition coefficient (Wildman–Crippen LogP) is 2.41. The highest BCUT2D eigenvalue weighted by molar-refractivity contribution is 5.76. The molecule has 2 aliphatic rings. The van der Waals surface area contributed by atoms with Crippen LogP contribution < -0.4 is 24.6 Å². The first-order valence-electron chi connectivity index (χ1n) is 11.2. The Morgan fingerprint density at radius 1 is 1.06 bits per heavy atom. The van der Waals surface area contributed by atoms with Crippen LogP contribution in [0.25, 0.3) is 0 Å². The maximum Gasteiger partial charge on any atom is 0.231 e. The molecule has 6 nitrogen and oxygen atoms in total. The topological polar surface area (TPSA) is 55.2 Å². The van der Waals surface area contributed by atoms with Gasteiger partial charge in [0.25, 0.3) is 0 Å². The number of nitrogens with zero attached hydrogens (tertiary/aromatic N) is 1. The van der Waals surface area contributed by atoms with Crippen LogP contribution >= 0.6 is 0 Å². The third kappa shape index (κ3) is 5.50. The zero-order valence-corrected chi connectivity index (χ0v) is 18.8. The first-order valence-corrected chi connectivity index (χ1v) is 11.2. The number of piperazine rings is 1. The van der Waals surface area contributed by atoms with Gasteiger partial charge in [-0.25, -0.2) is 0 Å². The van der Waals surface area contributed by atoms with Crippen LogP contribution in [-0.4, -0.2) is 45.4 Å². The molecule has 0 spiro atoms. The minimum atomic E-state index is -0.0213. The molecule has 1 fully saturated rings. The molecule has 2 aromatic carbocycles. The van der Waals surface area contributed by atoms with Gasteiger partial charge in [0.2, 0.25) is 12.7 Å². The van der Waals surface area contributed by atoms with Crippen LogP contribution in [0.3, 0.4) is 0 Å². The number of hydrogen-bond acceptors (Lipinski definition) is 4. The summed E-state index contributed by atoms with van der Waals surface area (Å²) in [5.41, 5.74) is 2.44. The van der Waals surface area contributed by atoms with Crippen molar-refractivity contribution < 1.29 is 19.2 Å². The van der Waals surface area contributed by atoms with E-state index in [9.17, 15) is 4.79 Å². The van der Waals surface area contributed by atoms with Gasteiger partial charge in [-0.1, -0.05) is 39.0 Å². The van der Waals surface area contributed by atoms with Crippen LogP contribution in [0.1, 0.15) is 38.8 Å². The van der Waals surface area contributed by atoms with Crippen molar-refractivity contribution in [1.82, 2.24) is 5.32 Å². The molecule has 0 aliphatic carbocycles. The first kappa shape index (κ1) is 21.5. The number of ether oxygens (including phenoxy) is 2. The fourth-order valence-electron chi connectivity index (χ4n) is 4.43. The van der Waals surface area contributed by atoms with E-state index >= 15 is 0 Å². The molecule has 0 saturated carbocycles. The third-order valence-electron chi connectivity index (χ3n) is 6.01. The second-order valence-electron chi connectivity index (χ2n) is 9.69. The molecule has 2 N–H and O–H groups in total. The highest BCUT2D eigenvalue weighted by atomic mass is 16.7. The number of quaternary nitrogens is 1. The normalized spacial score (nSPS) is 17.5. The summed E-state index contributed by atoms with van der Waals surface area (Å²) < 4.78 is 11.1. The molecular formula is C25H34N3O3+. The fourth-order valence-corrected chi connectivity index (χ4v) is 4.43. The molecule has 2 heterocycles. The van der Waals surface area contributed by atoms with Gasteiger partial charge in [0.15, 0.2) is 11.5 Å². The number of carbonyl (C=O) groups excluding carboxylic acids is 1. The number of carbonyl (C=O) groups is 1. The molecule has 0 radical (unpaired) electrons. The largest absolute Gasteiger partial charge is 0.454 e. The molecule has 166 valence electrons. The minimum absolute atomic E-state index is 0.0213. The molecule has 0 unspecified atom stereocenters. The highest BCUT2D eigenvalue weighted by Gasteiger charge is 2.31. The van der Waals surface area contributed by atoms with Crippen molar-refractivity contribution in [2.45, 2.75) is 33.2 Å². The van der Waals surface area contributed by atoms with Gasteiger partial charge < -0.3 is 24.6 Å². The van der Waals surface area contributed by atoms with Gasteiger partial charge in [-0.05, 0) is 35.7 Å². The average molecular weight is 425 g/mol. The second-order valence-corrected chi connectivity index (χ2v) is 9.69. The Labute approximate surface area is 185 Å². The van der Waals surface area contributed by atoms with E-state index in [0.717, 1.165) is 37.7 Å². The van der Waals surface area contributed by atoms with Crippen molar-refractivity contribution in [3.8, 4) is 11.5 Å². The van der Waals surface area contributed by atoms with E-state index in [-0.39, 0.29) is 24.2 Å². The summed E-state index contributed by atoms with van der Waals surface area (Å²) in [4.78, 5) is 16.5. The number of nitrogens with one attached hydrogen (secondary N) is 2. The number of amides is 1. The SMILES string of the molecule is CC(C)(C)CC(=O)NC[C@H](c1ccc2c(c1)OCO2)[NH+]1CCN(c2ccccc2)CC1. The van der Waals surface area contributed by atoms with Gasteiger partial charge in [0.05, 0.1) is 32.7 Å². The van der Waals surface area contributed by atoms with Crippen LogP contribution in [0.5, 0.6) is 11.5 Å². The number of anilines is 1. The van der Waals surface area contributed by atoms with Crippen LogP contribution in [0, 0.1) is 5.41 Å². The number of para-hydroxylation sites is 1. The number of fused-ring (bicyclic) bond motifs is 1. The fraction of sp³-hybridized carbons (Fsp3) is 0.480. The summed E-state index contributed by atoms with van der Waals surface area (Å²) in [6.07, 6.45) is 0.526. The van der Waals surface area contributed by atoms with Crippen molar-refractivity contribution in [2.75, 3.05) is 44.4 Å².